The van der Waals surface area contributed by atoms with Crippen LogP contribution < -0.4 is 5.73 Å². The first-order valence-corrected chi connectivity index (χ1v) is 9.85. The highest BCUT2D eigenvalue weighted by atomic mass is 35.5. The van der Waals surface area contributed by atoms with Crippen LogP contribution in [0.2, 0.25) is 10.0 Å². The van der Waals surface area contributed by atoms with Crippen LogP contribution in [-0.2, 0) is 9.53 Å². The predicted octanol–water partition coefficient (Wildman–Crippen LogP) is 5.70. The SMILES string of the molecule is CC1(C)CC(=O)C2=C(C1)OC(N)=C(C#N)[C@@H]2c1ccc(-c2ccc(Cl)c(Cl)c2)o1. The smallest absolute Gasteiger partial charge is 0.205 e. The summed E-state index contributed by atoms with van der Waals surface area (Å²) >= 11 is 12.1. The Balaban J connectivity index is 1.81. The van der Waals surface area contributed by atoms with E-state index in [1.807, 2.05) is 13.8 Å². The van der Waals surface area contributed by atoms with E-state index in [4.69, 9.17) is 38.1 Å². The van der Waals surface area contributed by atoms with Crippen molar-refractivity contribution >= 4 is 29.0 Å². The standard InChI is InChI=1S/C22H18Cl2N2O3/c1-22(2)8-15(27)20-18(9-22)29-21(26)12(10-25)19(20)17-6-5-16(28-17)11-3-4-13(23)14(24)7-11/h3-7,19H,8-9,26H2,1-2H3/t19-/m1/s1. The molecule has 1 atom stereocenters. The summed E-state index contributed by atoms with van der Waals surface area (Å²) in [5.74, 6) is 0.772. The highest BCUT2D eigenvalue weighted by Crippen LogP contribution is 2.48. The van der Waals surface area contributed by atoms with Crippen LogP contribution in [0.4, 0.5) is 0 Å². The number of nitrogens with two attached hydrogens (primary N) is 1. The van der Waals surface area contributed by atoms with Gasteiger partial charge in [-0.1, -0.05) is 37.0 Å². The molecule has 29 heavy (non-hydrogen) atoms. The first-order chi connectivity index (χ1) is 13.7. The third kappa shape index (κ3) is 3.43. The summed E-state index contributed by atoms with van der Waals surface area (Å²) in [6.07, 6.45) is 0.926. The Morgan fingerprint density at radius 3 is 2.62 bits per heavy atom. The van der Waals surface area contributed by atoms with Gasteiger partial charge in [0.15, 0.2) is 5.78 Å². The van der Waals surface area contributed by atoms with Crippen LogP contribution in [0.5, 0.6) is 0 Å². The average molecular weight is 429 g/mol. The van der Waals surface area contributed by atoms with Gasteiger partial charge >= 0.3 is 0 Å². The van der Waals surface area contributed by atoms with Crippen molar-refractivity contribution in [1.82, 2.24) is 0 Å². The molecule has 0 fully saturated rings. The van der Waals surface area contributed by atoms with Crippen molar-refractivity contribution in [2.24, 2.45) is 11.1 Å². The molecule has 5 nitrogen and oxygen atoms in total. The van der Waals surface area contributed by atoms with E-state index in [1.54, 1.807) is 30.3 Å². The second-order valence-electron chi connectivity index (χ2n) is 8.03. The van der Waals surface area contributed by atoms with Crippen molar-refractivity contribution in [2.45, 2.75) is 32.6 Å². The average Bonchev–Trinajstić information content (AvgIpc) is 3.11. The van der Waals surface area contributed by atoms with Gasteiger partial charge < -0.3 is 14.9 Å². The number of allylic oxidation sites excluding steroid dienone is 3. The van der Waals surface area contributed by atoms with Gasteiger partial charge in [0, 0.05) is 24.0 Å². The summed E-state index contributed by atoms with van der Waals surface area (Å²) in [7, 11) is 0. The van der Waals surface area contributed by atoms with Gasteiger partial charge in [0.25, 0.3) is 0 Å². The molecule has 0 spiro atoms. The van der Waals surface area contributed by atoms with Crippen LogP contribution in [0.1, 0.15) is 38.4 Å². The number of carbonyl (C=O) groups excluding carboxylic acids is 1. The molecule has 2 aromatic rings. The number of furan rings is 1. The fourth-order valence-electron chi connectivity index (χ4n) is 3.88. The van der Waals surface area contributed by atoms with Crippen LogP contribution in [0.15, 0.2) is 57.5 Å². The zero-order valence-corrected chi connectivity index (χ0v) is 17.4. The van der Waals surface area contributed by atoms with E-state index in [9.17, 15) is 10.1 Å². The third-order valence-corrected chi connectivity index (χ3v) is 5.93. The van der Waals surface area contributed by atoms with Crippen molar-refractivity contribution in [1.29, 1.82) is 5.26 Å². The Kier molecular flexibility index (Phi) is 4.72. The van der Waals surface area contributed by atoms with Crippen molar-refractivity contribution in [3.05, 3.63) is 68.9 Å². The number of Topliss-reactive ketones (excluding diaryl/α,β-unsaturated/α-hetero) is 1. The zero-order chi connectivity index (χ0) is 20.9. The quantitative estimate of drug-likeness (QED) is 0.661. The Morgan fingerprint density at radius 2 is 1.93 bits per heavy atom. The number of hydrogen-bond acceptors (Lipinski definition) is 5. The fraction of sp³-hybridized carbons (Fsp3) is 0.273. The molecule has 0 saturated carbocycles. The Hall–Kier alpha value is -2.68. The largest absolute Gasteiger partial charge is 0.460 e. The number of rotatable bonds is 2. The number of benzene rings is 1. The second kappa shape index (κ2) is 6.98. The molecule has 7 heteroatoms. The Morgan fingerprint density at radius 1 is 1.17 bits per heavy atom. The number of nitriles is 1. The number of ketones is 1. The summed E-state index contributed by atoms with van der Waals surface area (Å²) in [4.78, 5) is 13.0. The van der Waals surface area contributed by atoms with Crippen molar-refractivity contribution in [3.8, 4) is 17.4 Å². The topological polar surface area (TPSA) is 89.2 Å². The van der Waals surface area contributed by atoms with Gasteiger partial charge in [0.05, 0.1) is 16.0 Å². The van der Waals surface area contributed by atoms with Gasteiger partial charge in [-0.15, -0.1) is 0 Å². The minimum Gasteiger partial charge on any atom is -0.460 e. The van der Waals surface area contributed by atoms with E-state index in [0.717, 1.165) is 5.56 Å². The summed E-state index contributed by atoms with van der Waals surface area (Å²) in [6, 6.07) is 10.8. The van der Waals surface area contributed by atoms with Crippen molar-refractivity contribution in [2.75, 3.05) is 0 Å². The molecule has 1 aromatic carbocycles. The maximum Gasteiger partial charge on any atom is 0.205 e. The molecule has 1 aliphatic carbocycles. The predicted molar refractivity (Wildman–Crippen MR) is 110 cm³/mol. The van der Waals surface area contributed by atoms with E-state index < -0.39 is 5.92 Å². The Bertz CT molecular complexity index is 1140. The molecule has 0 radical (unpaired) electrons. The lowest BCUT2D eigenvalue weighted by molar-refractivity contribution is -0.119. The molecule has 148 valence electrons. The molecule has 0 amide bonds. The Labute approximate surface area is 178 Å². The molecule has 0 bridgehead atoms. The van der Waals surface area contributed by atoms with Crippen molar-refractivity contribution < 1.29 is 13.9 Å². The van der Waals surface area contributed by atoms with E-state index in [0.29, 0.717) is 45.7 Å². The van der Waals surface area contributed by atoms with E-state index in [2.05, 4.69) is 6.07 Å². The van der Waals surface area contributed by atoms with E-state index >= 15 is 0 Å². The minimum absolute atomic E-state index is 0.00855. The zero-order valence-electron chi connectivity index (χ0n) is 15.9. The van der Waals surface area contributed by atoms with Crippen molar-refractivity contribution in [3.63, 3.8) is 0 Å². The molecule has 2 heterocycles. The maximum absolute atomic E-state index is 13.0. The second-order valence-corrected chi connectivity index (χ2v) is 8.85. The molecule has 0 saturated heterocycles. The summed E-state index contributed by atoms with van der Waals surface area (Å²) in [5, 5.41) is 10.5. The van der Waals surface area contributed by atoms with Gasteiger partial charge in [-0.3, -0.25) is 4.79 Å². The molecule has 2 aliphatic rings. The molecule has 1 aromatic heterocycles. The molecule has 2 N–H and O–H groups in total. The van der Waals surface area contributed by atoms with E-state index in [-0.39, 0.29) is 22.7 Å². The van der Waals surface area contributed by atoms with Crippen LogP contribution in [0.3, 0.4) is 0 Å². The van der Waals surface area contributed by atoms with Gasteiger partial charge in [-0.25, -0.2) is 0 Å². The lowest BCUT2D eigenvalue weighted by Crippen LogP contribution is -2.33. The summed E-state index contributed by atoms with van der Waals surface area (Å²) in [5.41, 5.74) is 7.15. The molecule has 4 rings (SSSR count). The monoisotopic (exact) mass is 428 g/mol. The van der Waals surface area contributed by atoms with Crippen LogP contribution >= 0.6 is 23.2 Å². The van der Waals surface area contributed by atoms with Crippen LogP contribution in [0.25, 0.3) is 11.3 Å². The molecule has 0 unspecified atom stereocenters. The van der Waals surface area contributed by atoms with Gasteiger partial charge in [-0.2, -0.15) is 5.26 Å². The molecular formula is C22H18Cl2N2O3. The van der Waals surface area contributed by atoms with Gasteiger partial charge in [0.1, 0.15) is 28.9 Å². The summed E-state index contributed by atoms with van der Waals surface area (Å²) < 4.78 is 11.7. The number of carbonyl (C=O) groups is 1. The molecular weight excluding hydrogens is 411 g/mol. The normalized spacial score (nSPS) is 20.9. The summed E-state index contributed by atoms with van der Waals surface area (Å²) in [6.45, 7) is 4.00. The lowest BCUT2D eigenvalue weighted by atomic mass is 9.71. The maximum atomic E-state index is 13.0. The van der Waals surface area contributed by atoms with Crippen LogP contribution in [-0.4, -0.2) is 5.78 Å². The number of hydrogen-bond donors (Lipinski definition) is 1. The first kappa shape index (κ1) is 19.6. The highest BCUT2D eigenvalue weighted by Gasteiger charge is 2.44. The van der Waals surface area contributed by atoms with Gasteiger partial charge in [-0.05, 0) is 35.7 Å². The number of nitrogens with zero attached hydrogens (tertiary/aromatic N) is 1. The van der Waals surface area contributed by atoms with Gasteiger partial charge in [0.2, 0.25) is 5.88 Å². The number of halogens is 2. The fourth-order valence-corrected chi connectivity index (χ4v) is 4.18. The first-order valence-electron chi connectivity index (χ1n) is 9.09. The number of ether oxygens (including phenoxy) is 1. The van der Waals surface area contributed by atoms with Crippen LogP contribution in [0, 0.1) is 16.7 Å². The highest BCUT2D eigenvalue weighted by molar-refractivity contribution is 6.42. The lowest BCUT2D eigenvalue weighted by Gasteiger charge is -2.36. The third-order valence-electron chi connectivity index (χ3n) is 5.19. The minimum atomic E-state index is -0.691. The van der Waals surface area contributed by atoms with E-state index in [1.165, 1.54) is 0 Å². The molecule has 1 aliphatic heterocycles.